The van der Waals surface area contributed by atoms with Crippen LogP contribution in [-0.2, 0) is 0 Å². The van der Waals surface area contributed by atoms with Crippen molar-refractivity contribution in [3.05, 3.63) is 24.4 Å². The van der Waals surface area contributed by atoms with E-state index in [9.17, 15) is 0 Å². The van der Waals surface area contributed by atoms with E-state index >= 15 is 0 Å². The number of nitrogens with two attached hydrogens (primary N) is 1. The van der Waals surface area contributed by atoms with E-state index < -0.39 is 0 Å². The monoisotopic (exact) mass is 286 g/mol. The van der Waals surface area contributed by atoms with Crippen LogP contribution in [0.15, 0.2) is 24.4 Å². The summed E-state index contributed by atoms with van der Waals surface area (Å²) in [6, 6.07) is 5.91. The Balaban J connectivity index is 2.39. The topological polar surface area (TPSA) is 71.2 Å². The number of nitrogen functional groups attached to an aromatic ring is 1. The molecule has 2 N–H and O–H groups in total. The summed E-state index contributed by atoms with van der Waals surface area (Å²) in [6.07, 6.45) is 1.81. The van der Waals surface area contributed by atoms with Gasteiger partial charge in [0.1, 0.15) is 11.6 Å². The molecule has 0 aliphatic carbocycles. The average molecular weight is 286 g/mol. The number of pyridine rings is 1. The molecule has 0 fully saturated rings. The lowest BCUT2D eigenvalue weighted by molar-refractivity contribution is 0.844. The third-order valence-corrected chi connectivity index (χ3v) is 3.32. The predicted molar refractivity (Wildman–Crippen MR) is 87.6 cm³/mol. The molecule has 0 saturated heterocycles. The van der Waals surface area contributed by atoms with Crippen molar-refractivity contribution in [3.8, 4) is 11.3 Å². The van der Waals surface area contributed by atoms with Crippen molar-refractivity contribution < 1.29 is 0 Å². The Morgan fingerprint density at radius 2 is 1.76 bits per heavy atom. The van der Waals surface area contributed by atoms with Gasteiger partial charge in [0, 0.05) is 45.0 Å². The fourth-order valence-electron chi connectivity index (χ4n) is 2.11. The smallest absolute Gasteiger partial charge is 0.222 e. The maximum atomic E-state index is 5.84. The van der Waals surface area contributed by atoms with Gasteiger partial charge in [-0.25, -0.2) is 9.97 Å². The first-order valence-corrected chi connectivity index (χ1v) is 7.08. The quantitative estimate of drug-likeness (QED) is 0.907. The minimum atomic E-state index is 0.283. The van der Waals surface area contributed by atoms with Gasteiger partial charge in [-0.1, -0.05) is 0 Å². The summed E-state index contributed by atoms with van der Waals surface area (Å²) in [5.41, 5.74) is 7.57. The molecule has 2 aromatic rings. The second kappa shape index (κ2) is 6.39. The number of aromatic nitrogens is 3. The highest BCUT2D eigenvalue weighted by Gasteiger charge is 2.10. The van der Waals surface area contributed by atoms with E-state index in [1.54, 1.807) is 0 Å². The molecule has 0 aromatic carbocycles. The van der Waals surface area contributed by atoms with Crippen LogP contribution in [-0.4, -0.2) is 42.1 Å². The lowest BCUT2D eigenvalue weighted by Gasteiger charge is -2.20. The van der Waals surface area contributed by atoms with Gasteiger partial charge in [-0.2, -0.15) is 4.98 Å². The Labute approximate surface area is 125 Å². The fourth-order valence-corrected chi connectivity index (χ4v) is 2.11. The lowest BCUT2D eigenvalue weighted by Crippen LogP contribution is -2.23. The van der Waals surface area contributed by atoms with Crippen molar-refractivity contribution in [1.29, 1.82) is 0 Å². The molecule has 0 radical (unpaired) electrons. The van der Waals surface area contributed by atoms with Crippen LogP contribution in [0.25, 0.3) is 11.3 Å². The highest BCUT2D eigenvalue weighted by molar-refractivity contribution is 5.64. The summed E-state index contributed by atoms with van der Waals surface area (Å²) in [6.45, 7) is 5.94. The largest absolute Gasteiger partial charge is 0.368 e. The van der Waals surface area contributed by atoms with Crippen molar-refractivity contribution in [3.63, 3.8) is 0 Å². The zero-order valence-electron chi connectivity index (χ0n) is 13.0. The molecule has 6 heteroatoms. The van der Waals surface area contributed by atoms with E-state index in [4.69, 9.17) is 5.73 Å². The minimum Gasteiger partial charge on any atom is -0.368 e. The van der Waals surface area contributed by atoms with Crippen LogP contribution in [0.3, 0.4) is 0 Å². The van der Waals surface area contributed by atoms with Gasteiger partial charge in [-0.3, -0.25) is 0 Å². The maximum absolute atomic E-state index is 5.84. The standard InChI is InChI=1S/C15H22N6/c1-5-21(6-2)14-9-12(18-15(16)19-14)11-7-8-13(17-10-11)20(3)4/h7-10H,5-6H2,1-4H3,(H2,16,18,19). The van der Waals surface area contributed by atoms with Gasteiger partial charge in [0.15, 0.2) is 0 Å². The van der Waals surface area contributed by atoms with E-state index in [1.165, 1.54) is 0 Å². The van der Waals surface area contributed by atoms with Crippen LogP contribution in [0.4, 0.5) is 17.6 Å². The molecule has 2 rings (SSSR count). The molecule has 0 spiro atoms. The van der Waals surface area contributed by atoms with Crippen molar-refractivity contribution in [1.82, 2.24) is 15.0 Å². The second-order valence-corrected chi connectivity index (χ2v) is 4.94. The summed E-state index contributed by atoms with van der Waals surface area (Å²) in [4.78, 5) is 17.1. The van der Waals surface area contributed by atoms with Crippen LogP contribution in [0.2, 0.25) is 0 Å². The molecule has 0 amide bonds. The van der Waals surface area contributed by atoms with Crippen molar-refractivity contribution >= 4 is 17.6 Å². The first kappa shape index (κ1) is 15.0. The van der Waals surface area contributed by atoms with Gasteiger partial charge in [0.05, 0.1) is 5.69 Å². The van der Waals surface area contributed by atoms with Crippen LogP contribution >= 0.6 is 0 Å². The fraction of sp³-hybridized carbons (Fsp3) is 0.400. The first-order chi connectivity index (χ1) is 10.0. The Hall–Kier alpha value is -2.37. The molecular formula is C15H22N6. The number of nitrogens with zero attached hydrogens (tertiary/aromatic N) is 5. The average Bonchev–Trinajstić information content (AvgIpc) is 2.48. The third kappa shape index (κ3) is 3.39. The summed E-state index contributed by atoms with van der Waals surface area (Å²) < 4.78 is 0. The zero-order chi connectivity index (χ0) is 15.4. The molecule has 0 aliphatic heterocycles. The van der Waals surface area contributed by atoms with Gasteiger partial charge >= 0.3 is 0 Å². The lowest BCUT2D eigenvalue weighted by atomic mass is 10.2. The summed E-state index contributed by atoms with van der Waals surface area (Å²) in [7, 11) is 3.92. The SMILES string of the molecule is CCN(CC)c1cc(-c2ccc(N(C)C)nc2)nc(N)n1. The molecule has 0 unspecified atom stereocenters. The van der Waals surface area contributed by atoms with Crippen molar-refractivity contribution in [2.24, 2.45) is 0 Å². The minimum absolute atomic E-state index is 0.283. The molecule has 112 valence electrons. The van der Waals surface area contributed by atoms with Gasteiger partial charge in [-0.05, 0) is 26.0 Å². The van der Waals surface area contributed by atoms with E-state index in [0.717, 1.165) is 36.0 Å². The van der Waals surface area contributed by atoms with Crippen molar-refractivity contribution in [2.45, 2.75) is 13.8 Å². The molecule has 2 aromatic heterocycles. The van der Waals surface area contributed by atoms with E-state index in [-0.39, 0.29) is 5.95 Å². The maximum Gasteiger partial charge on any atom is 0.222 e. The molecule has 6 nitrogen and oxygen atoms in total. The van der Waals surface area contributed by atoms with E-state index in [0.29, 0.717) is 0 Å². The van der Waals surface area contributed by atoms with Gasteiger partial charge in [0.25, 0.3) is 0 Å². The van der Waals surface area contributed by atoms with Crippen LogP contribution in [0.5, 0.6) is 0 Å². The number of hydrogen-bond donors (Lipinski definition) is 1. The van der Waals surface area contributed by atoms with E-state index in [2.05, 4.69) is 33.7 Å². The summed E-state index contributed by atoms with van der Waals surface area (Å²) >= 11 is 0. The van der Waals surface area contributed by atoms with Gasteiger partial charge in [0.2, 0.25) is 5.95 Å². The third-order valence-electron chi connectivity index (χ3n) is 3.32. The molecule has 0 saturated carbocycles. The molecule has 0 bridgehead atoms. The second-order valence-electron chi connectivity index (χ2n) is 4.94. The highest BCUT2D eigenvalue weighted by Crippen LogP contribution is 2.23. The first-order valence-electron chi connectivity index (χ1n) is 7.08. The molecule has 0 atom stereocenters. The van der Waals surface area contributed by atoms with Gasteiger partial charge in [-0.15, -0.1) is 0 Å². The molecule has 21 heavy (non-hydrogen) atoms. The Morgan fingerprint density at radius 1 is 1.05 bits per heavy atom. The summed E-state index contributed by atoms with van der Waals surface area (Å²) in [5.74, 6) is 2.04. The number of anilines is 3. The van der Waals surface area contributed by atoms with Crippen LogP contribution in [0, 0.1) is 0 Å². The number of hydrogen-bond acceptors (Lipinski definition) is 6. The van der Waals surface area contributed by atoms with Crippen LogP contribution < -0.4 is 15.5 Å². The highest BCUT2D eigenvalue weighted by atomic mass is 15.2. The molecular weight excluding hydrogens is 264 g/mol. The Morgan fingerprint density at radius 3 is 2.29 bits per heavy atom. The van der Waals surface area contributed by atoms with E-state index in [1.807, 2.05) is 43.4 Å². The zero-order valence-corrected chi connectivity index (χ0v) is 13.0. The predicted octanol–water partition coefficient (Wildman–Crippen LogP) is 2.03. The normalized spacial score (nSPS) is 10.5. The summed E-state index contributed by atoms with van der Waals surface area (Å²) in [5, 5.41) is 0. The van der Waals surface area contributed by atoms with Crippen molar-refractivity contribution in [2.75, 3.05) is 42.7 Å². The molecule has 0 aliphatic rings. The Bertz CT molecular complexity index is 590. The van der Waals surface area contributed by atoms with Crippen LogP contribution in [0.1, 0.15) is 13.8 Å². The number of rotatable bonds is 5. The molecule has 2 heterocycles. The Kier molecular flexibility index (Phi) is 4.57. The van der Waals surface area contributed by atoms with Gasteiger partial charge < -0.3 is 15.5 Å².